The maximum atomic E-state index is 12.6. The summed E-state index contributed by atoms with van der Waals surface area (Å²) >= 11 is 0. The molecule has 30 heavy (non-hydrogen) atoms. The molecule has 0 atom stereocenters. The summed E-state index contributed by atoms with van der Waals surface area (Å²) in [5.74, 6) is 0.0747. The highest BCUT2D eigenvalue weighted by Gasteiger charge is 2.14. The molecule has 7 heteroatoms. The summed E-state index contributed by atoms with van der Waals surface area (Å²) in [7, 11) is 0. The van der Waals surface area contributed by atoms with Crippen LogP contribution >= 0.6 is 0 Å². The van der Waals surface area contributed by atoms with Crippen LogP contribution in [0.2, 0.25) is 0 Å². The molecule has 0 saturated heterocycles. The van der Waals surface area contributed by atoms with Gasteiger partial charge in [-0.25, -0.2) is 4.98 Å². The van der Waals surface area contributed by atoms with Gasteiger partial charge in [-0.15, -0.1) is 6.58 Å². The Labute approximate surface area is 175 Å². The van der Waals surface area contributed by atoms with Crippen LogP contribution < -0.4 is 16.0 Å². The van der Waals surface area contributed by atoms with E-state index in [0.717, 1.165) is 11.1 Å². The highest BCUT2D eigenvalue weighted by atomic mass is 16.2. The zero-order valence-corrected chi connectivity index (χ0v) is 16.7. The Hall–Kier alpha value is -4.00. The minimum absolute atomic E-state index is 0.145. The Kier molecular flexibility index (Phi) is 6.89. The summed E-state index contributed by atoms with van der Waals surface area (Å²) in [6.45, 7) is 5.92. The standard InChI is InChI=1S/C23H23N5O2/c1-3-11-25-23(30)20-9-10-21(18-7-4-8-19(13-18)27-16(2)29)28-22(20)26-15-17-6-5-12-24-14-17/h3-10,12-14H,1,11,15H2,2H3,(H,25,30)(H,26,28)(H,27,29). The maximum absolute atomic E-state index is 12.6. The van der Waals surface area contributed by atoms with Crippen LogP contribution in [0.5, 0.6) is 0 Å². The molecule has 0 unspecified atom stereocenters. The Morgan fingerprint density at radius 2 is 2.00 bits per heavy atom. The monoisotopic (exact) mass is 401 g/mol. The molecule has 3 aromatic rings. The molecule has 0 saturated carbocycles. The molecule has 0 fully saturated rings. The zero-order valence-electron chi connectivity index (χ0n) is 16.7. The van der Waals surface area contributed by atoms with Crippen LogP contribution in [0.1, 0.15) is 22.8 Å². The zero-order chi connectivity index (χ0) is 21.3. The summed E-state index contributed by atoms with van der Waals surface area (Å²) in [5, 5.41) is 8.78. The second kappa shape index (κ2) is 9.97. The Morgan fingerprint density at radius 3 is 2.73 bits per heavy atom. The summed E-state index contributed by atoms with van der Waals surface area (Å²) < 4.78 is 0. The minimum atomic E-state index is -0.241. The second-order valence-corrected chi connectivity index (χ2v) is 6.57. The molecule has 2 heterocycles. The number of amides is 2. The van der Waals surface area contributed by atoms with Gasteiger partial charge >= 0.3 is 0 Å². The van der Waals surface area contributed by atoms with Crippen molar-refractivity contribution in [2.24, 2.45) is 0 Å². The van der Waals surface area contributed by atoms with Crippen molar-refractivity contribution in [2.75, 3.05) is 17.2 Å². The number of rotatable bonds is 8. The first-order valence-corrected chi connectivity index (χ1v) is 9.48. The van der Waals surface area contributed by atoms with Crippen LogP contribution in [-0.2, 0) is 11.3 Å². The molecule has 2 amide bonds. The lowest BCUT2D eigenvalue weighted by Gasteiger charge is -2.13. The van der Waals surface area contributed by atoms with Crippen LogP contribution in [0.15, 0.2) is 73.6 Å². The van der Waals surface area contributed by atoms with E-state index in [1.54, 1.807) is 30.6 Å². The Balaban J connectivity index is 1.92. The van der Waals surface area contributed by atoms with Crippen LogP contribution in [0, 0.1) is 0 Å². The summed E-state index contributed by atoms with van der Waals surface area (Å²) in [6, 6.07) is 14.7. The molecule has 0 aliphatic rings. The van der Waals surface area contributed by atoms with Gasteiger partial charge in [0.15, 0.2) is 0 Å². The number of hydrogen-bond donors (Lipinski definition) is 3. The van der Waals surface area contributed by atoms with Gasteiger partial charge in [0.05, 0.1) is 11.3 Å². The van der Waals surface area contributed by atoms with Gasteiger partial charge in [-0.1, -0.05) is 24.3 Å². The summed E-state index contributed by atoms with van der Waals surface area (Å²) in [4.78, 5) is 32.7. The van der Waals surface area contributed by atoms with Crippen molar-refractivity contribution in [2.45, 2.75) is 13.5 Å². The molecular weight excluding hydrogens is 378 g/mol. The third-order valence-corrected chi connectivity index (χ3v) is 4.21. The third kappa shape index (κ3) is 5.51. The van der Waals surface area contributed by atoms with Crippen molar-refractivity contribution < 1.29 is 9.59 Å². The Bertz CT molecular complexity index is 1050. The second-order valence-electron chi connectivity index (χ2n) is 6.57. The molecular formula is C23H23N5O2. The molecule has 7 nitrogen and oxygen atoms in total. The average Bonchev–Trinajstić information content (AvgIpc) is 2.76. The van der Waals surface area contributed by atoms with Gasteiger partial charge in [-0.2, -0.15) is 0 Å². The van der Waals surface area contributed by atoms with Gasteiger partial charge in [-0.3, -0.25) is 14.6 Å². The van der Waals surface area contributed by atoms with E-state index < -0.39 is 0 Å². The molecule has 0 spiro atoms. The first kappa shape index (κ1) is 20.7. The fourth-order valence-corrected chi connectivity index (χ4v) is 2.85. The fourth-order valence-electron chi connectivity index (χ4n) is 2.85. The van der Waals surface area contributed by atoms with Crippen molar-refractivity contribution in [1.29, 1.82) is 0 Å². The van der Waals surface area contributed by atoms with Crippen molar-refractivity contribution >= 4 is 23.3 Å². The smallest absolute Gasteiger partial charge is 0.255 e. The summed E-state index contributed by atoms with van der Waals surface area (Å²) in [6.07, 6.45) is 5.08. The number of anilines is 2. The van der Waals surface area contributed by atoms with Crippen molar-refractivity contribution in [1.82, 2.24) is 15.3 Å². The van der Waals surface area contributed by atoms with Crippen molar-refractivity contribution in [3.05, 3.63) is 84.7 Å². The van der Waals surface area contributed by atoms with Gasteiger partial charge in [-0.05, 0) is 35.9 Å². The molecule has 1 aromatic carbocycles. The molecule has 3 rings (SSSR count). The topological polar surface area (TPSA) is 96.0 Å². The van der Waals surface area contributed by atoms with Gasteiger partial charge < -0.3 is 16.0 Å². The van der Waals surface area contributed by atoms with Gasteiger partial charge in [0, 0.05) is 43.7 Å². The lowest BCUT2D eigenvalue weighted by molar-refractivity contribution is -0.114. The normalized spacial score (nSPS) is 10.2. The first-order valence-electron chi connectivity index (χ1n) is 9.48. The highest BCUT2D eigenvalue weighted by molar-refractivity contribution is 5.99. The quantitative estimate of drug-likeness (QED) is 0.501. The number of hydrogen-bond acceptors (Lipinski definition) is 5. The maximum Gasteiger partial charge on any atom is 0.255 e. The van der Waals surface area contributed by atoms with Crippen LogP contribution in [0.3, 0.4) is 0 Å². The number of nitrogens with one attached hydrogen (secondary N) is 3. The SMILES string of the molecule is C=CCNC(=O)c1ccc(-c2cccc(NC(C)=O)c2)nc1NCc1cccnc1. The lowest BCUT2D eigenvalue weighted by atomic mass is 10.1. The van der Waals surface area contributed by atoms with E-state index >= 15 is 0 Å². The van der Waals surface area contributed by atoms with E-state index in [0.29, 0.717) is 35.9 Å². The predicted octanol–water partition coefficient (Wildman–Crippen LogP) is 3.63. The van der Waals surface area contributed by atoms with E-state index in [2.05, 4.69) is 32.5 Å². The number of carbonyl (C=O) groups excluding carboxylic acids is 2. The molecule has 0 aliphatic heterocycles. The molecule has 0 bridgehead atoms. The van der Waals surface area contributed by atoms with E-state index in [9.17, 15) is 9.59 Å². The number of pyridine rings is 2. The van der Waals surface area contributed by atoms with E-state index in [1.807, 2.05) is 36.4 Å². The van der Waals surface area contributed by atoms with Crippen LogP contribution in [0.25, 0.3) is 11.3 Å². The predicted molar refractivity (Wildman–Crippen MR) is 118 cm³/mol. The number of carbonyl (C=O) groups is 2. The first-order chi connectivity index (χ1) is 14.6. The Morgan fingerprint density at radius 1 is 1.13 bits per heavy atom. The molecule has 0 aliphatic carbocycles. The average molecular weight is 401 g/mol. The van der Waals surface area contributed by atoms with E-state index in [-0.39, 0.29) is 11.8 Å². The third-order valence-electron chi connectivity index (χ3n) is 4.21. The highest BCUT2D eigenvalue weighted by Crippen LogP contribution is 2.25. The van der Waals surface area contributed by atoms with Gasteiger partial charge in [0.1, 0.15) is 5.82 Å². The largest absolute Gasteiger partial charge is 0.365 e. The van der Waals surface area contributed by atoms with Gasteiger partial charge in [0.2, 0.25) is 5.91 Å². The van der Waals surface area contributed by atoms with E-state index in [4.69, 9.17) is 0 Å². The fraction of sp³-hybridized carbons (Fsp3) is 0.130. The van der Waals surface area contributed by atoms with Crippen molar-refractivity contribution in [3.8, 4) is 11.3 Å². The van der Waals surface area contributed by atoms with Crippen LogP contribution in [-0.4, -0.2) is 28.3 Å². The molecule has 2 aromatic heterocycles. The van der Waals surface area contributed by atoms with Crippen LogP contribution in [0.4, 0.5) is 11.5 Å². The number of aromatic nitrogens is 2. The molecule has 3 N–H and O–H groups in total. The van der Waals surface area contributed by atoms with E-state index in [1.165, 1.54) is 6.92 Å². The van der Waals surface area contributed by atoms with Gasteiger partial charge in [0.25, 0.3) is 5.91 Å². The molecule has 152 valence electrons. The lowest BCUT2D eigenvalue weighted by Crippen LogP contribution is -2.24. The number of nitrogens with zero attached hydrogens (tertiary/aromatic N) is 2. The van der Waals surface area contributed by atoms with Crippen molar-refractivity contribution in [3.63, 3.8) is 0 Å². The minimum Gasteiger partial charge on any atom is -0.365 e. The summed E-state index contributed by atoms with van der Waals surface area (Å²) in [5.41, 5.74) is 3.58. The molecule has 0 radical (unpaired) electrons. The number of benzene rings is 1.